The molecule has 0 saturated heterocycles. The van der Waals surface area contributed by atoms with Crippen LogP contribution in [-0.2, 0) is 6.54 Å². The van der Waals surface area contributed by atoms with E-state index in [4.69, 9.17) is 32.4 Å². The number of ether oxygens (including phenoxy) is 1. The van der Waals surface area contributed by atoms with Crippen LogP contribution in [0.2, 0.25) is 10.0 Å². The van der Waals surface area contributed by atoms with E-state index in [0.717, 1.165) is 22.4 Å². The third-order valence-corrected chi connectivity index (χ3v) is 7.09. The quantitative estimate of drug-likeness (QED) is 0.326. The van der Waals surface area contributed by atoms with Gasteiger partial charge >= 0.3 is 0 Å². The number of amides is 1. The molecule has 2 heterocycles. The van der Waals surface area contributed by atoms with Gasteiger partial charge in [0.05, 0.1) is 34.1 Å². The topological polar surface area (TPSA) is 59.8 Å². The monoisotopic (exact) mass is 493 g/mol. The standard InChI is InChI=1S/C27H21Cl2NO4/c1-14-10-19-22(11-15(14)2)34-26-23(25(19)31)24(17-6-9-20(28)21(29)12-17)30(27(26)32)13-16-4-7-18(33-3)8-5-16/h4-12,24H,13H2,1-3H3. The van der Waals surface area contributed by atoms with Crippen molar-refractivity contribution in [3.05, 3.63) is 108 Å². The number of carbonyl (C=O) groups excluding carboxylic acids is 1. The Kier molecular flexibility index (Phi) is 5.62. The lowest BCUT2D eigenvalue weighted by molar-refractivity contribution is 0.0714. The number of hydrogen-bond acceptors (Lipinski definition) is 4. The van der Waals surface area contributed by atoms with Crippen LogP contribution < -0.4 is 10.2 Å². The lowest BCUT2D eigenvalue weighted by Gasteiger charge is -2.25. The van der Waals surface area contributed by atoms with E-state index in [1.165, 1.54) is 0 Å². The zero-order valence-electron chi connectivity index (χ0n) is 18.8. The van der Waals surface area contributed by atoms with Crippen molar-refractivity contribution in [1.29, 1.82) is 0 Å². The highest BCUT2D eigenvalue weighted by Crippen LogP contribution is 2.41. The molecular weight excluding hydrogens is 473 g/mol. The molecule has 1 aliphatic heterocycles. The van der Waals surface area contributed by atoms with Crippen LogP contribution in [0.15, 0.2) is 63.8 Å². The van der Waals surface area contributed by atoms with Crippen molar-refractivity contribution in [2.24, 2.45) is 0 Å². The second-order valence-corrected chi connectivity index (χ2v) is 9.28. The number of rotatable bonds is 4. The molecule has 7 heteroatoms. The molecule has 1 amide bonds. The van der Waals surface area contributed by atoms with Crippen molar-refractivity contribution in [3.8, 4) is 5.75 Å². The Morgan fingerprint density at radius 2 is 1.65 bits per heavy atom. The maximum absolute atomic E-state index is 13.7. The van der Waals surface area contributed by atoms with Gasteiger partial charge in [0.25, 0.3) is 5.91 Å². The van der Waals surface area contributed by atoms with Crippen LogP contribution >= 0.6 is 23.2 Å². The van der Waals surface area contributed by atoms with Crippen LogP contribution in [0.4, 0.5) is 0 Å². The molecule has 1 aliphatic rings. The van der Waals surface area contributed by atoms with E-state index in [9.17, 15) is 9.59 Å². The average Bonchev–Trinajstić information content (AvgIpc) is 3.09. The predicted molar refractivity (Wildman–Crippen MR) is 133 cm³/mol. The van der Waals surface area contributed by atoms with Gasteiger partial charge in [-0.15, -0.1) is 0 Å². The Balaban J connectivity index is 1.71. The number of halogens is 2. The first-order valence-electron chi connectivity index (χ1n) is 10.7. The summed E-state index contributed by atoms with van der Waals surface area (Å²) in [4.78, 5) is 29.0. The highest BCUT2D eigenvalue weighted by Gasteiger charge is 2.43. The Morgan fingerprint density at radius 3 is 2.32 bits per heavy atom. The van der Waals surface area contributed by atoms with Crippen molar-refractivity contribution < 1.29 is 13.9 Å². The Bertz CT molecular complexity index is 1510. The van der Waals surface area contributed by atoms with E-state index < -0.39 is 6.04 Å². The normalized spacial score (nSPS) is 15.1. The van der Waals surface area contributed by atoms with Crippen LogP contribution in [0.1, 0.15) is 44.4 Å². The molecule has 0 saturated carbocycles. The molecule has 4 aromatic rings. The molecule has 5 rings (SSSR count). The smallest absolute Gasteiger partial charge is 0.291 e. The molecule has 0 radical (unpaired) electrons. The molecule has 1 unspecified atom stereocenters. The van der Waals surface area contributed by atoms with Gasteiger partial charge in [0.2, 0.25) is 5.76 Å². The summed E-state index contributed by atoms with van der Waals surface area (Å²) in [6, 6.07) is 15.6. The van der Waals surface area contributed by atoms with Crippen LogP contribution in [0.25, 0.3) is 11.0 Å². The van der Waals surface area contributed by atoms with Crippen molar-refractivity contribution in [2.75, 3.05) is 7.11 Å². The maximum Gasteiger partial charge on any atom is 0.291 e. The average molecular weight is 494 g/mol. The minimum Gasteiger partial charge on any atom is -0.497 e. The summed E-state index contributed by atoms with van der Waals surface area (Å²) in [6.45, 7) is 4.16. The van der Waals surface area contributed by atoms with Crippen molar-refractivity contribution >= 4 is 40.1 Å². The van der Waals surface area contributed by atoms with Crippen LogP contribution in [-0.4, -0.2) is 17.9 Å². The lowest BCUT2D eigenvalue weighted by atomic mass is 9.97. The molecule has 34 heavy (non-hydrogen) atoms. The van der Waals surface area contributed by atoms with Gasteiger partial charge in [0, 0.05) is 6.54 Å². The number of hydrogen-bond donors (Lipinski definition) is 0. The summed E-state index contributed by atoms with van der Waals surface area (Å²) in [7, 11) is 1.60. The summed E-state index contributed by atoms with van der Waals surface area (Å²) < 4.78 is 11.3. The second kappa shape index (κ2) is 8.49. The fourth-order valence-corrected chi connectivity index (χ4v) is 4.70. The summed E-state index contributed by atoms with van der Waals surface area (Å²) in [5.74, 6) is 0.430. The maximum atomic E-state index is 13.7. The summed E-state index contributed by atoms with van der Waals surface area (Å²) >= 11 is 12.5. The number of fused-ring (bicyclic) bond motifs is 2. The first-order valence-corrected chi connectivity index (χ1v) is 11.5. The van der Waals surface area contributed by atoms with Gasteiger partial charge in [-0.2, -0.15) is 0 Å². The molecule has 0 fully saturated rings. The van der Waals surface area contributed by atoms with E-state index in [2.05, 4.69) is 0 Å². The fourth-order valence-electron chi connectivity index (χ4n) is 4.40. The molecule has 0 N–H and O–H groups in total. The lowest BCUT2D eigenvalue weighted by Crippen LogP contribution is -2.29. The third-order valence-electron chi connectivity index (χ3n) is 6.35. The number of carbonyl (C=O) groups is 1. The highest BCUT2D eigenvalue weighted by molar-refractivity contribution is 6.42. The van der Waals surface area contributed by atoms with Gasteiger partial charge in [0.1, 0.15) is 11.3 Å². The van der Waals surface area contributed by atoms with E-state index in [0.29, 0.717) is 32.1 Å². The highest BCUT2D eigenvalue weighted by atomic mass is 35.5. The zero-order valence-corrected chi connectivity index (χ0v) is 20.3. The first-order chi connectivity index (χ1) is 16.3. The Morgan fingerprint density at radius 1 is 0.941 bits per heavy atom. The molecule has 0 aliphatic carbocycles. The minimum atomic E-state index is -0.665. The molecule has 5 nitrogen and oxygen atoms in total. The Hall–Kier alpha value is -3.28. The number of nitrogens with zero attached hydrogens (tertiary/aromatic N) is 1. The largest absolute Gasteiger partial charge is 0.497 e. The molecule has 0 spiro atoms. The zero-order chi connectivity index (χ0) is 24.1. The first kappa shape index (κ1) is 22.5. The number of methoxy groups -OCH3 is 1. The van der Waals surface area contributed by atoms with Crippen LogP contribution in [0.3, 0.4) is 0 Å². The van der Waals surface area contributed by atoms with Crippen LogP contribution in [0.5, 0.6) is 5.75 Å². The molecule has 172 valence electrons. The van der Waals surface area contributed by atoms with Gasteiger partial charge in [0.15, 0.2) is 5.43 Å². The number of aryl methyl sites for hydroxylation is 2. The summed E-state index contributed by atoms with van der Waals surface area (Å²) in [5, 5.41) is 1.19. The van der Waals surface area contributed by atoms with Gasteiger partial charge in [-0.3, -0.25) is 9.59 Å². The van der Waals surface area contributed by atoms with Crippen molar-refractivity contribution in [1.82, 2.24) is 4.90 Å². The van der Waals surface area contributed by atoms with Gasteiger partial charge in [-0.1, -0.05) is 41.4 Å². The van der Waals surface area contributed by atoms with Gasteiger partial charge < -0.3 is 14.1 Å². The molecule has 3 aromatic carbocycles. The van der Waals surface area contributed by atoms with Crippen LogP contribution in [0, 0.1) is 13.8 Å². The molecular formula is C27H21Cl2NO4. The third kappa shape index (κ3) is 3.65. The summed E-state index contributed by atoms with van der Waals surface area (Å²) in [5.41, 5.74) is 4.02. The molecule has 1 aromatic heterocycles. The second-order valence-electron chi connectivity index (χ2n) is 8.46. The van der Waals surface area contributed by atoms with Crippen molar-refractivity contribution in [2.45, 2.75) is 26.4 Å². The van der Waals surface area contributed by atoms with Crippen molar-refractivity contribution in [3.63, 3.8) is 0 Å². The summed E-state index contributed by atoms with van der Waals surface area (Å²) in [6.07, 6.45) is 0. The van der Waals surface area contributed by atoms with Gasteiger partial charge in [-0.05, 0) is 72.5 Å². The van der Waals surface area contributed by atoms with E-state index >= 15 is 0 Å². The van der Waals surface area contributed by atoms with E-state index in [1.807, 2.05) is 44.2 Å². The SMILES string of the molecule is COc1ccc(CN2C(=O)c3oc4cc(C)c(C)cc4c(=O)c3C2c2ccc(Cl)c(Cl)c2)cc1. The van der Waals surface area contributed by atoms with E-state index in [1.54, 1.807) is 36.3 Å². The van der Waals surface area contributed by atoms with E-state index in [-0.39, 0.29) is 23.6 Å². The minimum absolute atomic E-state index is 0.0605. The predicted octanol–water partition coefficient (Wildman–Crippen LogP) is 6.47. The Labute approximate surface area is 206 Å². The number of benzene rings is 3. The fraction of sp³-hybridized carbons (Fsp3) is 0.185. The molecule has 1 atom stereocenters. The molecule has 0 bridgehead atoms. The van der Waals surface area contributed by atoms with Gasteiger partial charge in [-0.25, -0.2) is 0 Å².